The summed E-state index contributed by atoms with van der Waals surface area (Å²) in [5.41, 5.74) is 5.08. The predicted molar refractivity (Wildman–Crippen MR) is 98.8 cm³/mol. The van der Waals surface area contributed by atoms with E-state index in [1.807, 2.05) is 24.3 Å². The van der Waals surface area contributed by atoms with Crippen LogP contribution in [-0.2, 0) is 13.1 Å². The number of hydrogen-bond donors (Lipinski definition) is 2. The lowest BCUT2D eigenvalue weighted by Gasteiger charge is -2.18. The molecular weight excluding hydrogens is 312 g/mol. The Morgan fingerprint density at radius 3 is 2.04 bits per heavy atom. The van der Waals surface area contributed by atoms with Crippen LogP contribution in [-0.4, -0.2) is 11.0 Å². The van der Waals surface area contributed by atoms with Crippen LogP contribution >= 0.6 is 0 Å². The van der Waals surface area contributed by atoms with Crippen LogP contribution in [0.15, 0.2) is 72.8 Å². The van der Waals surface area contributed by atoms with Gasteiger partial charge in [-0.15, -0.1) is 0 Å². The van der Waals surface area contributed by atoms with Crippen molar-refractivity contribution in [1.29, 1.82) is 0 Å². The molecule has 1 heterocycles. The zero-order valence-corrected chi connectivity index (χ0v) is 13.6. The van der Waals surface area contributed by atoms with Gasteiger partial charge < -0.3 is 15.3 Å². The fourth-order valence-corrected chi connectivity index (χ4v) is 3.09. The number of carbonyl (C=O) groups excluding carboxylic acids is 1. The third kappa shape index (κ3) is 3.19. The van der Waals surface area contributed by atoms with Gasteiger partial charge in [-0.05, 0) is 59.7 Å². The molecule has 4 nitrogen and oxygen atoms in total. The van der Waals surface area contributed by atoms with Gasteiger partial charge in [0.25, 0.3) is 5.91 Å². The Morgan fingerprint density at radius 1 is 0.840 bits per heavy atom. The fourth-order valence-electron chi connectivity index (χ4n) is 3.09. The van der Waals surface area contributed by atoms with Crippen molar-refractivity contribution in [2.24, 2.45) is 0 Å². The molecule has 0 fully saturated rings. The SMILES string of the molecule is O=C(Nc1ccc(O)cc1)c1ccc(N2Cc3ccccc3C2)cc1. The van der Waals surface area contributed by atoms with Gasteiger partial charge in [0.15, 0.2) is 0 Å². The Morgan fingerprint density at radius 2 is 1.44 bits per heavy atom. The first-order chi connectivity index (χ1) is 12.2. The van der Waals surface area contributed by atoms with Gasteiger partial charge in [-0.25, -0.2) is 0 Å². The van der Waals surface area contributed by atoms with E-state index in [1.54, 1.807) is 24.3 Å². The Bertz CT molecular complexity index is 877. The molecule has 0 aromatic heterocycles. The summed E-state index contributed by atoms with van der Waals surface area (Å²) in [6.07, 6.45) is 0. The summed E-state index contributed by atoms with van der Waals surface area (Å²) in [4.78, 5) is 14.6. The zero-order chi connectivity index (χ0) is 17.2. The first kappa shape index (κ1) is 15.3. The molecule has 0 unspecified atom stereocenters. The minimum Gasteiger partial charge on any atom is -0.508 e. The number of nitrogens with zero attached hydrogens (tertiary/aromatic N) is 1. The van der Waals surface area contributed by atoms with Gasteiger partial charge >= 0.3 is 0 Å². The number of carbonyl (C=O) groups is 1. The molecular formula is C21H18N2O2. The van der Waals surface area contributed by atoms with Gasteiger partial charge in [0, 0.05) is 30.0 Å². The standard InChI is InChI=1S/C21H18N2O2/c24-20-11-7-18(8-12-20)22-21(25)15-5-9-19(10-6-15)23-13-16-3-1-2-4-17(16)14-23/h1-12,24H,13-14H2,(H,22,25). The van der Waals surface area contributed by atoms with E-state index >= 15 is 0 Å². The number of fused-ring (bicyclic) bond motifs is 1. The number of phenolic OH excluding ortho intramolecular Hbond substituents is 1. The first-order valence-corrected chi connectivity index (χ1v) is 8.21. The van der Waals surface area contributed by atoms with Crippen LogP contribution in [0.3, 0.4) is 0 Å². The van der Waals surface area contributed by atoms with E-state index in [-0.39, 0.29) is 11.7 Å². The zero-order valence-electron chi connectivity index (χ0n) is 13.6. The van der Waals surface area contributed by atoms with Crippen LogP contribution in [0.25, 0.3) is 0 Å². The van der Waals surface area contributed by atoms with Crippen molar-refractivity contribution in [2.75, 3.05) is 10.2 Å². The molecule has 0 atom stereocenters. The quantitative estimate of drug-likeness (QED) is 0.709. The minimum atomic E-state index is -0.165. The van der Waals surface area contributed by atoms with E-state index in [4.69, 9.17) is 0 Å². The first-order valence-electron chi connectivity index (χ1n) is 8.21. The summed E-state index contributed by atoms with van der Waals surface area (Å²) in [5, 5.41) is 12.1. The number of anilines is 2. The molecule has 3 aromatic rings. The number of benzene rings is 3. The summed E-state index contributed by atoms with van der Waals surface area (Å²) in [6, 6.07) is 22.5. The van der Waals surface area contributed by atoms with Crippen molar-refractivity contribution in [3.8, 4) is 5.75 Å². The number of rotatable bonds is 3. The fraction of sp³-hybridized carbons (Fsp3) is 0.0952. The third-order valence-corrected chi connectivity index (χ3v) is 4.46. The molecule has 0 saturated carbocycles. The molecule has 4 rings (SSSR count). The van der Waals surface area contributed by atoms with E-state index in [1.165, 1.54) is 11.1 Å². The Labute approximate surface area is 146 Å². The number of nitrogens with one attached hydrogen (secondary N) is 1. The van der Waals surface area contributed by atoms with Crippen LogP contribution < -0.4 is 10.2 Å². The van der Waals surface area contributed by atoms with Crippen molar-refractivity contribution in [3.05, 3.63) is 89.5 Å². The molecule has 25 heavy (non-hydrogen) atoms. The normalized spacial score (nSPS) is 12.7. The van der Waals surface area contributed by atoms with E-state index < -0.39 is 0 Å². The summed E-state index contributed by atoms with van der Waals surface area (Å²) in [7, 11) is 0. The smallest absolute Gasteiger partial charge is 0.255 e. The van der Waals surface area contributed by atoms with Gasteiger partial charge in [0.1, 0.15) is 5.75 Å². The van der Waals surface area contributed by atoms with Crippen LogP contribution in [0.2, 0.25) is 0 Å². The van der Waals surface area contributed by atoms with E-state index in [0.717, 1.165) is 18.8 Å². The minimum absolute atomic E-state index is 0.165. The highest BCUT2D eigenvalue weighted by molar-refractivity contribution is 6.04. The molecule has 1 aliphatic heterocycles. The molecule has 1 aliphatic rings. The number of phenols is 1. The number of aromatic hydroxyl groups is 1. The second-order valence-corrected chi connectivity index (χ2v) is 6.17. The molecule has 0 spiro atoms. The average Bonchev–Trinajstić information content (AvgIpc) is 3.08. The number of amides is 1. The maximum absolute atomic E-state index is 12.3. The van der Waals surface area contributed by atoms with Crippen molar-refractivity contribution >= 4 is 17.3 Å². The molecule has 0 bridgehead atoms. The second-order valence-electron chi connectivity index (χ2n) is 6.17. The summed E-state index contributed by atoms with van der Waals surface area (Å²) < 4.78 is 0. The maximum Gasteiger partial charge on any atom is 0.255 e. The van der Waals surface area contributed by atoms with Crippen molar-refractivity contribution < 1.29 is 9.90 Å². The van der Waals surface area contributed by atoms with Gasteiger partial charge in [0.2, 0.25) is 0 Å². The van der Waals surface area contributed by atoms with Crippen LogP contribution in [0, 0.1) is 0 Å². The second kappa shape index (κ2) is 6.32. The van der Waals surface area contributed by atoms with Crippen molar-refractivity contribution in [2.45, 2.75) is 13.1 Å². The van der Waals surface area contributed by atoms with Crippen LogP contribution in [0.1, 0.15) is 21.5 Å². The van der Waals surface area contributed by atoms with Crippen molar-refractivity contribution in [1.82, 2.24) is 0 Å². The lowest BCUT2D eigenvalue weighted by Crippen LogP contribution is -2.15. The molecule has 2 N–H and O–H groups in total. The van der Waals surface area contributed by atoms with Gasteiger partial charge in [-0.2, -0.15) is 0 Å². The molecule has 1 amide bonds. The molecule has 0 aliphatic carbocycles. The summed E-state index contributed by atoms with van der Waals surface area (Å²) in [5.74, 6) is 0.0101. The largest absolute Gasteiger partial charge is 0.508 e. The Hall–Kier alpha value is -3.27. The lowest BCUT2D eigenvalue weighted by atomic mass is 10.1. The van der Waals surface area contributed by atoms with E-state index in [0.29, 0.717) is 11.3 Å². The average molecular weight is 330 g/mol. The molecule has 0 radical (unpaired) electrons. The Kier molecular flexibility index (Phi) is 3.86. The summed E-state index contributed by atoms with van der Waals surface area (Å²) >= 11 is 0. The third-order valence-electron chi connectivity index (χ3n) is 4.46. The van der Waals surface area contributed by atoms with Gasteiger partial charge in [0.05, 0.1) is 0 Å². The molecule has 0 saturated heterocycles. The number of hydrogen-bond acceptors (Lipinski definition) is 3. The summed E-state index contributed by atoms with van der Waals surface area (Å²) in [6.45, 7) is 1.80. The van der Waals surface area contributed by atoms with Crippen molar-refractivity contribution in [3.63, 3.8) is 0 Å². The highest BCUT2D eigenvalue weighted by Gasteiger charge is 2.18. The van der Waals surface area contributed by atoms with Crippen LogP contribution in [0.4, 0.5) is 11.4 Å². The lowest BCUT2D eigenvalue weighted by molar-refractivity contribution is 0.102. The van der Waals surface area contributed by atoms with E-state index in [9.17, 15) is 9.90 Å². The molecule has 4 heteroatoms. The topological polar surface area (TPSA) is 52.6 Å². The highest BCUT2D eigenvalue weighted by Crippen LogP contribution is 2.28. The molecule has 124 valence electrons. The van der Waals surface area contributed by atoms with Gasteiger partial charge in [-0.3, -0.25) is 4.79 Å². The predicted octanol–water partition coefficient (Wildman–Crippen LogP) is 4.16. The Balaban J connectivity index is 1.45. The van der Waals surface area contributed by atoms with Gasteiger partial charge in [-0.1, -0.05) is 24.3 Å². The molecule has 3 aromatic carbocycles. The maximum atomic E-state index is 12.3. The van der Waals surface area contributed by atoms with Crippen LogP contribution in [0.5, 0.6) is 5.75 Å². The van der Waals surface area contributed by atoms with E-state index in [2.05, 4.69) is 34.5 Å². The highest BCUT2D eigenvalue weighted by atomic mass is 16.3. The monoisotopic (exact) mass is 330 g/mol.